The molecular formula is C22H34O4. The van der Waals surface area contributed by atoms with Gasteiger partial charge < -0.3 is 14.6 Å². The lowest BCUT2D eigenvalue weighted by molar-refractivity contribution is -0.144. The fourth-order valence-electron chi connectivity index (χ4n) is 3.84. The fourth-order valence-corrected chi connectivity index (χ4v) is 3.84. The van der Waals surface area contributed by atoms with Gasteiger partial charge in [0, 0.05) is 12.0 Å². The van der Waals surface area contributed by atoms with Crippen molar-refractivity contribution < 1.29 is 19.4 Å². The molecule has 1 fully saturated rings. The van der Waals surface area contributed by atoms with Gasteiger partial charge in [0.2, 0.25) is 0 Å². The molecule has 1 aliphatic rings. The largest absolute Gasteiger partial charge is 0.496 e. The molecule has 0 amide bonds. The minimum Gasteiger partial charge on any atom is -0.496 e. The first-order valence-corrected chi connectivity index (χ1v) is 9.84. The summed E-state index contributed by atoms with van der Waals surface area (Å²) in [5.41, 5.74) is 3.65. The Kier molecular flexibility index (Phi) is 7.51. The number of methoxy groups -OCH3 is 1. The van der Waals surface area contributed by atoms with Crippen molar-refractivity contribution in [3.05, 3.63) is 28.8 Å². The van der Waals surface area contributed by atoms with Gasteiger partial charge in [0.05, 0.1) is 13.7 Å². The molecule has 0 unspecified atom stereocenters. The van der Waals surface area contributed by atoms with Gasteiger partial charge in [-0.05, 0) is 41.7 Å². The summed E-state index contributed by atoms with van der Waals surface area (Å²) in [6.07, 6.45) is 7.27. The quantitative estimate of drug-likeness (QED) is 0.725. The number of aliphatic hydroxyl groups is 1. The molecule has 1 aliphatic carbocycles. The van der Waals surface area contributed by atoms with E-state index in [1.54, 1.807) is 7.11 Å². The minimum atomic E-state index is -0.258. The lowest BCUT2D eigenvalue weighted by atomic mass is 9.78. The zero-order chi connectivity index (χ0) is 19.2. The third-order valence-electron chi connectivity index (χ3n) is 5.21. The topological polar surface area (TPSA) is 55.8 Å². The molecule has 4 nitrogen and oxygen atoms in total. The lowest BCUT2D eigenvalue weighted by Crippen LogP contribution is -2.17. The van der Waals surface area contributed by atoms with Crippen LogP contribution >= 0.6 is 0 Å². The van der Waals surface area contributed by atoms with Crippen LogP contribution in [0, 0.1) is 0 Å². The molecule has 0 saturated heterocycles. The minimum absolute atomic E-state index is 0.0256. The van der Waals surface area contributed by atoms with E-state index in [0.717, 1.165) is 11.3 Å². The van der Waals surface area contributed by atoms with Crippen LogP contribution in [0.1, 0.15) is 81.9 Å². The van der Waals surface area contributed by atoms with Crippen molar-refractivity contribution in [3.8, 4) is 5.75 Å². The molecule has 1 saturated carbocycles. The van der Waals surface area contributed by atoms with E-state index in [-0.39, 0.29) is 24.6 Å². The van der Waals surface area contributed by atoms with Gasteiger partial charge in [-0.15, -0.1) is 0 Å². The first-order valence-electron chi connectivity index (χ1n) is 9.84. The van der Waals surface area contributed by atoms with Gasteiger partial charge in [-0.25, -0.2) is 0 Å². The highest BCUT2D eigenvalue weighted by Crippen LogP contribution is 2.43. The molecule has 0 heterocycles. The molecule has 1 N–H and O–H groups in total. The highest BCUT2D eigenvalue weighted by Gasteiger charge is 2.27. The van der Waals surface area contributed by atoms with E-state index in [0.29, 0.717) is 18.8 Å². The molecule has 1 aromatic carbocycles. The Bertz CT molecular complexity index is 595. The molecule has 0 atom stereocenters. The Morgan fingerprint density at radius 2 is 1.88 bits per heavy atom. The first kappa shape index (κ1) is 20.8. The van der Waals surface area contributed by atoms with Crippen LogP contribution in [0.2, 0.25) is 0 Å². The summed E-state index contributed by atoms with van der Waals surface area (Å²) >= 11 is 0. The Morgan fingerprint density at radius 3 is 2.46 bits per heavy atom. The van der Waals surface area contributed by atoms with Gasteiger partial charge in [0.25, 0.3) is 0 Å². The Balaban J connectivity index is 2.31. The number of benzene rings is 1. The standard InChI is InChI=1S/C22H34O4/c1-22(2,3)19-15-16(10-11-20(24)26-13-12-23)14-18(21(19)25-4)17-8-6-5-7-9-17/h14-15,17,23H,5-13H2,1-4H3. The maximum absolute atomic E-state index is 11.8. The third kappa shape index (κ3) is 5.47. The van der Waals surface area contributed by atoms with E-state index in [2.05, 4.69) is 32.9 Å². The van der Waals surface area contributed by atoms with E-state index < -0.39 is 0 Å². The Morgan fingerprint density at radius 1 is 1.19 bits per heavy atom. The van der Waals surface area contributed by atoms with E-state index >= 15 is 0 Å². The van der Waals surface area contributed by atoms with E-state index in [1.165, 1.54) is 43.2 Å². The summed E-state index contributed by atoms with van der Waals surface area (Å²) in [5, 5.41) is 8.77. The van der Waals surface area contributed by atoms with Crippen LogP contribution in [0.3, 0.4) is 0 Å². The van der Waals surface area contributed by atoms with E-state index in [9.17, 15) is 4.79 Å². The van der Waals surface area contributed by atoms with Crippen LogP contribution in [-0.2, 0) is 21.4 Å². The third-order valence-corrected chi connectivity index (χ3v) is 5.21. The summed E-state index contributed by atoms with van der Waals surface area (Å²) in [6, 6.07) is 4.42. The van der Waals surface area contributed by atoms with Crippen LogP contribution in [0.4, 0.5) is 0 Å². The van der Waals surface area contributed by atoms with Crippen LogP contribution < -0.4 is 4.74 Å². The van der Waals surface area contributed by atoms with Gasteiger partial charge in [0.15, 0.2) is 0 Å². The first-order chi connectivity index (χ1) is 12.4. The van der Waals surface area contributed by atoms with Crippen LogP contribution in [0.15, 0.2) is 12.1 Å². The zero-order valence-electron chi connectivity index (χ0n) is 16.8. The summed E-state index contributed by atoms with van der Waals surface area (Å²) in [4.78, 5) is 11.8. The molecule has 0 aromatic heterocycles. The van der Waals surface area contributed by atoms with Crippen molar-refractivity contribution in [2.45, 2.75) is 77.0 Å². The van der Waals surface area contributed by atoms with Gasteiger partial charge in [-0.2, -0.15) is 0 Å². The zero-order valence-corrected chi connectivity index (χ0v) is 16.8. The summed E-state index contributed by atoms with van der Waals surface area (Å²) < 4.78 is 10.9. The molecule has 1 aromatic rings. The molecule has 0 aliphatic heterocycles. The summed E-state index contributed by atoms with van der Waals surface area (Å²) in [6.45, 7) is 6.55. The van der Waals surface area contributed by atoms with Gasteiger partial charge in [-0.1, -0.05) is 52.2 Å². The molecule has 0 bridgehead atoms. The van der Waals surface area contributed by atoms with Crippen molar-refractivity contribution in [1.82, 2.24) is 0 Å². The van der Waals surface area contributed by atoms with Gasteiger partial charge in [0.1, 0.15) is 12.4 Å². The predicted molar refractivity (Wildman–Crippen MR) is 104 cm³/mol. The number of aliphatic hydroxyl groups excluding tert-OH is 1. The second kappa shape index (κ2) is 9.40. The average molecular weight is 363 g/mol. The lowest BCUT2D eigenvalue weighted by Gasteiger charge is -2.30. The van der Waals surface area contributed by atoms with E-state index in [1.807, 2.05) is 0 Å². The number of ether oxygens (including phenoxy) is 2. The number of hydrogen-bond acceptors (Lipinski definition) is 4. The van der Waals surface area contributed by atoms with Crippen molar-refractivity contribution in [2.75, 3.05) is 20.3 Å². The second-order valence-electron chi connectivity index (χ2n) is 8.29. The molecular weight excluding hydrogens is 328 g/mol. The van der Waals surface area contributed by atoms with Crippen molar-refractivity contribution in [2.24, 2.45) is 0 Å². The number of hydrogen-bond donors (Lipinski definition) is 1. The van der Waals surface area contributed by atoms with Crippen molar-refractivity contribution >= 4 is 5.97 Å². The van der Waals surface area contributed by atoms with Crippen LogP contribution in [0.25, 0.3) is 0 Å². The number of esters is 1. The maximum atomic E-state index is 11.8. The number of carbonyl (C=O) groups excluding carboxylic acids is 1. The normalized spacial score (nSPS) is 15.7. The molecule has 0 spiro atoms. The fraction of sp³-hybridized carbons (Fsp3) is 0.682. The second-order valence-corrected chi connectivity index (χ2v) is 8.29. The van der Waals surface area contributed by atoms with Crippen molar-refractivity contribution in [1.29, 1.82) is 0 Å². The predicted octanol–water partition coefficient (Wildman–Crippen LogP) is 4.51. The Labute approximate surface area is 157 Å². The van der Waals surface area contributed by atoms with Gasteiger partial charge in [-0.3, -0.25) is 4.79 Å². The van der Waals surface area contributed by atoms with E-state index in [4.69, 9.17) is 14.6 Å². The number of rotatable bonds is 7. The van der Waals surface area contributed by atoms with Crippen molar-refractivity contribution in [3.63, 3.8) is 0 Å². The van der Waals surface area contributed by atoms with Crippen LogP contribution in [-0.4, -0.2) is 31.4 Å². The SMILES string of the molecule is COc1c(C2CCCCC2)cc(CCC(=O)OCCO)cc1C(C)(C)C. The maximum Gasteiger partial charge on any atom is 0.306 e. The molecule has 26 heavy (non-hydrogen) atoms. The number of aryl methyl sites for hydroxylation is 1. The molecule has 2 rings (SSSR count). The molecule has 4 heteroatoms. The van der Waals surface area contributed by atoms with Gasteiger partial charge >= 0.3 is 5.97 Å². The summed E-state index contributed by atoms with van der Waals surface area (Å²) in [5.74, 6) is 1.31. The monoisotopic (exact) mass is 362 g/mol. The molecule has 146 valence electrons. The highest BCUT2D eigenvalue weighted by atomic mass is 16.5. The average Bonchev–Trinajstić information content (AvgIpc) is 2.63. The van der Waals surface area contributed by atoms with Crippen LogP contribution in [0.5, 0.6) is 5.75 Å². The Hall–Kier alpha value is -1.55. The summed E-state index contributed by atoms with van der Waals surface area (Å²) in [7, 11) is 1.77. The number of carbonyl (C=O) groups is 1. The molecule has 0 radical (unpaired) electrons. The highest BCUT2D eigenvalue weighted by molar-refractivity contribution is 5.69. The smallest absolute Gasteiger partial charge is 0.306 e.